The summed E-state index contributed by atoms with van der Waals surface area (Å²) in [6.45, 7) is 0.813. The van der Waals surface area contributed by atoms with Crippen molar-refractivity contribution in [3.05, 3.63) is 70.3 Å². The third-order valence-corrected chi connectivity index (χ3v) is 4.27. The van der Waals surface area contributed by atoms with Crippen LogP contribution in [-0.4, -0.2) is 17.6 Å². The fourth-order valence-electron chi connectivity index (χ4n) is 2.48. The normalized spacial score (nSPS) is 10.7. The number of benzene rings is 2. The first-order chi connectivity index (χ1) is 11.2. The molecule has 0 bridgehead atoms. The number of fused-ring (bicyclic) bond motifs is 1. The number of halogens is 1. The third-order valence-electron chi connectivity index (χ3n) is 3.61. The van der Waals surface area contributed by atoms with Gasteiger partial charge in [0.25, 0.3) is 0 Å². The molecule has 0 aliphatic heterocycles. The first-order valence-corrected chi connectivity index (χ1v) is 8.22. The molecular formula is C18H17BrN2O2. The van der Waals surface area contributed by atoms with Gasteiger partial charge < -0.3 is 15.0 Å². The van der Waals surface area contributed by atoms with Crippen molar-refractivity contribution in [3.8, 4) is 0 Å². The highest BCUT2D eigenvalue weighted by molar-refractivity contribution is 9.10. The molecule has 1 amide bonds. The molecule has 0 spiro atoms. The summed E-state index contributed by atoms with van der Waals surface area (Å²) in [7, 11) is 0. The van der Waals surface area contributed by atoms with Crippen LogP contribution in [0.15, 0.2) is 59.2 Å². The third kappa shape index (κ3) is 3.93. The Bertz CT molecular complexity index is 799. The van der Waals surface area contributed by atoms with Crippen molar-refractivity contribution in [1.29, 1.82) is 0 Å². The summed E-state index contributed by atoms with van der Waals surface area (Å²) in [6, 6.07) is 15.7. The quantitative estimate of drug-likeness (QED) is 0.697. The van der Waals surface area contributed by atoms with Crippen LogP contribution in [0.25, 0.3) is 10.9 Å². The molecule has 4 nitrogen and oxygen atoms in total. The van der Waals surface area contributed by atoms with Gasteiger partial charge in [-0.25, -0.2) is 4.79 Å². The molecule has 2 aromatic carbocycles. The van der Waals surface area contributed by atoms with Crippen LogP contribution in [-0.2, 0) is 17.8 Å². The number of alkyl carbamates (subject to hydrolysis) is 1. The number of carbonyl (C=O) groups excluding carboxylic acids is 1. The van der Waals surface area contributed by atoms with Gasteiger partial charge in [0.2, 0.25) is 0 Å². The number of H-pyrrole nitrogens is 1. The van der Waals surface area contributed by atoms with E-state index in [0.717, 1.165) is 32.9 Å². The Morgan fingerprint density at radius 3 is 2.78 bits per heavy atom. The highest BCUT2D eigenvalue weighted by Crippen LogP contribution is 2.26. The first kappa shape index (κ1) is 15.6. The number of amides is 1. The number of ether oxygens (including phenoxy) is 1. The van der Waals surface area contributed by atoms with Gasteiger partial charge in [-0.05, 0) is 29.7 Å². The fraction of sp³-hybridized carbons (Fsp3) is 0.167. The Kier molecular flexibility index (Phi) is 4.98. The lowest BCUT2D eigenvalue weighted by Gasteiger charge is -2.07. The number of rotatable bonds is 5. The predicted molar refractivity (Wildman–Crippen MR) is 94.3 cm³/mol. The second-order valence-corrected chi connectivity index (χ2v) is 6.07. The Balaban J connectivity index is 1.50. The molecule has 0 radical (unpaired) electrons. The van der Waals surface area contributed by atoms with Gasteiger partial charge in [0.15, 0.2) is 0 Å². The predicted octanol–water partition coefficient (Wildman–Crippen LogP) is 4.40. The lowest BCUT2D eigenvalue weighted by molar-refractivity contribution is 0.140. The largest absolute Gasteiger partial charge is 0.445 e. The summed E-state index contributed by atoms with van der Waals surface area (Å²) in [5.41, 5.74) is 3.22. The van der Waals surface area contributed by atoms with E-state index in [-0.39, 0.29) is 6.61 Å². The second kappa shape index (κ2) is 7.33. The van der Waals surface area contributed by atoms with E-state index in [1.165, 1.54) is 0 Å². The van der Waals surface area contributed by atoms with Gasteiger partial charge in [0, 0.05) is 28.1 Å². The maximum Gasteiger partial charge on any atom is 0.407 e. The molecule has 1 heterocycles. The Morgan fingerprint density at radius 1 is 1.13 bits per heavy atom. The molecule has 118 valence electrons. The molecule has 0 fully saturated rings. The summed E-state index contributed by atoms with van der Waals surface area (Å²) in [5.74, 6) is 0. The molecule has 0 saturated carbocycles. The highest BCUT2D eigenvalue weighted by Gasteiger charge is 2.08. The van der Waals surface area contributed by atoms with Crippen molar-refractivity contribution in [2.75, 3.05) is 6.54 Å². The monoisotopic (exact) mass is 372 g/mol. The van der Waals surface area contributed by atoms with E-state index in [4.69, 9.17) is 4.74 Å². The smallest absolute Gasteiger partial charge is 0.407 e. The van der Waals surface area contributed by atoms with Crippen molar-refractivity contribution in [3.63, 3.8) is 0 Å². The molecule has 5 heteroatoms. The van der Waals surface area contributed by atoms with E-state index in [0.29, 0.717) is 6.54 Å². The Morgan fingerprint density at radius 2 is 1.96 bits per heavy atom. The number of aromatic amines is 1. The molecule has 0 aliphatic rings. The minimum absolute atomic E-state index is 0.283. The average Bonchev–Trinajstić information content (AvgIpc) is 2.99. The molecule has 3 rings (SSSR count). The molecule has 2 N–H and O–H groups in total. The van der Waals surface area contributed by atoms with Crippen LogP contribution in [0, 0.1) is 0 Å². The van der Waals surface area contributed by atoms with Gasteiger partial charge >= 0.3 is 6.09 Å². The van der Waals surface area contributed by atoms with Gasteiger partial charge in [0.05, 0.1) is 0 Å². The van der Waals surface area contributed by atoms with Gasteiger partial charge in [-0.3, -0.25) is 0 Å². The van der Waals surface area contributed by atoms with Crippen LogP contribution >= 0.6 is 15.9 Å². The van der Waals surface area contributed by atoms with E-state index < -0.39 is 6.09 Å². The molecule has 0 saturated heterocycles. The fourth-order valence-corrected chi connectivity index (χ4v) is 3.10. The molecule has 23 heavy (non-hydrogen) atoms. The lowest BCUT2D eigenvalue weighted by atomic mass is 10.1. The van der Waals surface area contributed by atoms with Crippen molar-refractivity contribution in [2.24, 2.45) is 0 Å². The van der Waals surface area contributed by atoms with E-state index in [1.807, 2.05) is 54.7 Å². The van der Waals surface area contributed by atoms with Crippen molar-refractivity contribution in [1.82, 2.24) is 10.3 Å². The topological polar surface area (TPSA) is 54.1 Å². The summed E-state index contributed by atoms with van der Waals surface area (Å²) >= 11 is 3.57. The first-order valence-electron chi connectivity index (χ1n) is 7.43. The van der Waals surface area contributed by atoms with Crippen LogP contribution in [0.2, 0.25) is 0 Å². The van der Waals surface area contributed by atoms with Gasteiger partial charge in [0.1, 0.15) is 6.61 Å². The minimum atomic E-state index is -0.396. The SMILES string of the molecule is O=C(NCCc1c[nH]c2cccc(Br)c12)OCc1ccccc1. The molecule has 0 unspecified atom stereocenters. The highest BCUT2D eigenvalue weighted by atomic mass is 79.9. The van der Waals surface area contributed by atoms with Crippen LogP contribution in [0.1, 0.15) is 11.1 Å². The van der Waals surface area contributed by atoms with Crippen LogP contribution in [0.5, 0.6) is 0 Å². The molecule has 3 aromatic rings. The van der Waals surface area contributed by atoms with E-state index >= 15 is 0 Å². The van der Waals surface area contributed by atoms with E-state index in [9.17, 15) is 4.79 Å². The summed E-state index contributed by atoms with van der Waals surface area (Å²) < 4.78 is 6.25. The van der Waals surface area contributed by atoms with E-state index in [1.54, 1.807) is 0 Å². The van der Waals surface area contributed by atoms with E-state index in [2.05, 4.69) is 26.2 Å². The molecule has 0 atom stereocenters. The second-order valence-electron chi connectivity index (χ2n) is 5.21. The summed E-state index contributed by atoms with van der Waals surface area (Å²) in [4.78, 5) is 15.0. The van der Waals surface area contributed by atoms with Crippen LogP contribution in [0.4, 0.5) is 4.79 Å². The average molecular weight is 373 g/mol. The standard InChI is InChI=1S/C18H17BrN2O2/c19-15-7-4-8-16-17(15)14(11-21-16)9-10-20-18(22)23-12-13-5-2-1-3-6-13/h1-8,11,21H,9-10,12H2,(H,20,22). The summed E-state index contributed by atoms with van der Waals surface area (Å²) in [6.07, 6.45) is 2.32. The number of hydrogen-bond donors (Lipinski definition) is 2. The maximum absolute atomic E-state index is 11.7. The van der Waals surface area contributed by atoms with Crippen LogP contribution in [0.3, 0.4) is 0 Å². The molecule has 0 aliphatic carbocycles. The minimum Gasteiger partial charge on any atom is -0.445 e. The van der Waals surface area contributed by atoms with Crippen molar-refractivity contribution in [2.45, 2.75) is 13.0 Å². The van der Waals surface area contributed by atoms with Crippen LogP contribution < -0.4 is 5.32 Å². The zero-order valence-electron chi connectivity index (χ0n) is 12.5. The maximum atomic E-state index is 11.7. The zero-order chi connectivity index (χ0) is 16.1. The number of aromatic nitrogens is 1. The number of hydrogen-bond acceptors (Lipinski definition) is 2. The molecule has 1 aromatic heterocycles. The van der Waals surface area contributed by atoms with Gasteiger partial charge in [-0.15, -0.1) is 0 Å². The number of carbonyl (C=O) groups is 1. The van der Waals surface area contributed by atoms with Crippen molar-refractivity contribution >= 4 is 32.9 Å². The van der Waals surface area contributed by atoms with Gasteiger partial charge in [-0.1, -0.05) is 52.3 Å². The molecular weight excluding hydrogens is 356 g/mol. The lowest BCUT2D eigenvalue weighted by Crippen LogP contribution is -2.26. The van der Waals surface area contributed by atoms with Gasteiger partial charge in [-0.2, -0.15) is 0 Å². The zero-order valence-corrected chi connectivity index (χ0v) is 14.1. The van der Waals surface area contributed by atoms with Crippen molar-refractivity contribution < 1.29 is 9.53 Å². The number of nitrogens with one attached hydrogen (secondary N) is 2. The Labute approximate surface area is 143 Å². The Hall–Kier alpha value is -2.27. The summed E-state index contributed by atoms with van der Waals surface area (Å²) in [5, 5.41) is 3.94.